The molecule has 1 aliphatic carbocycles. The second-order valence-electron chi connectivity index (χ2n) is 3.44. The van der Waals surface area contributed by atoms with E-state index in [9.17, 15) is 4.79 Å². The van der Waals surface area contributed by atoms with Crippen molar-refractivity contribution in [3.05, 3.63) is 7.05 Å². The summed E-state index contributed by atoms with van der Waals surface area (Å²) in [7, 11) is 3.93. The predicted molar refractivity (Wildman–Crippen MR) is 37.3 cm³/mol. The minimum Gasteiger partial charge on any atom is -0.459 e. The maximum absolute atomic E-state index is 11.2. The molecule has 1 N–H and O–H groups in total. The molecule has 1 saturated carbocycles. The molecule has 0 radical (unpaired) electrons. The predicted octanol–water partition coefficient (Wildman–Crippen LogP) is -0.586. The Morgan fingerprint density at radius 1 is 1.50 bits per heavy atom. The summed E-state index contributed by atoms with van der Waals surface area (Å²) in [5, 5.41) is 0. The summed E-state index contributed by atoms with van der Waals surface area (Å²) in [5.41, 5.74) is 0. The molecule has 1 aliphatic heterocycles. The Morgan fingerprint density at radius 3 is 3.00 bits per heavy atom. The van der Waals surface area contributed by atoms with Gasteiger partial charge in [-0.3, -0.25) is 4.79 Å². The fourth-order valence-electron chi connectivity index (χ4n) is 2.31. The molecule has 0 aromatic carbocycles. The van der Waals surface area contributed by atoms with Gasteiger partial charge in [0.1, 0.15) is 6.04 Å². The summed E-state index contributed by atoms with van der Waals surface area (Å²) < 4.78 is 0. The third-order valence-corrected chi connectivity index (χ3v) is 2.86. The molecule has 10 heavy (non-hydrogen) atoms. The fraction of sp³-hybridized carbons (Fsp3) is 0.750. The number of nitrogens with one attached hydrogen (secondary N) is 1. The molecule has 2 aliphatic rings. The van der Waals surface area contributed by atoms with Crippen molar-refractivity contribution < 1.29 is 9.69 Å². The standard InChI is InChI=1S/C8H13NO/c1-9-5-4-6-2-3-7(10)8(6)9/h6,8-9H,1-5H2. The van der Waals surface area contributed by atoms with E-state index in [2.05, 4.69) is 7.05 Å². The number of carbonyl (C=O) groups excluding carboxylic acids is 1. The molecule has 2 nitrogen and oxygen atoms in total. The number of carbonyl (C=O) groups is 1. The van der Waals surface area contributed by atoms with Gasteiger partial charge in [-0.2, -0.15) is 7.05 Å². The number of rotatable bonds is 0. The van der Waals surface area contributed by atoms with Crippen LogP contribution >= 0.6 is 0 Å². The summed E-state index contributed by atoms with van der Waals surface area (Å²) >= 11 is 0. The Bertz CT molecular complexity index is 167. The summed E-state index contributed by atoms with van der Waals surface area (Å²) in [6, 6.07) is 0.278. The number of fused-ring (bicyclic) bond motifs is 1. The van der Waals surface area contributed by atoms with Crippen molar-refractivity contribution in [1.82, 2.24) is 0 Å². The van der Waals surface area contributed by atoms with Crippen LogP contribution in [0.1, 0.15) is 19.3 Å². The number of hydrogen-bond donors (Lipinski definition) is 1. The lowest BCUT2D eigenvalue weighted by Crippen LogP contribution is -3.09. The van der Waals surface area contributed by atoms with E-state index in [0.717, 1.165) is 19.4 Å². The third kappa shape index (κ3) is 0.717. The lowest BCUT2D eigenvalue weighted by Gasteiger charge is -2.20. The van der Waals surface area contributed by atoms with Crippen LogP contribution in [0.3, 0.4) is 0 Å². The Balaban J connectivity index is 2.19. The Hall–Kier alpha value is -0.370. The molecule has 0 aromatic heterocycles. The van der Waals surface area contributed by atoms with Crippen molar-refractivity contribution in [2.45, 2.75) is 25.3 Å². The monoisotopic (exact) mass is 139 g/mol. The van der Waals surface area contributed by atoms with Crippen molar-refractivity contribution in [1.29, 1.82) is 0 Å². The molecule has 2 heteroatoms. The topological polar surface area (TPSA) is 21.5 Å². The summed E-state index contributed by atoms with van der Waals surface area (Å²) in [6.07, 6.45) is 3.16. The highest BCUT2D eigenvalue weighted by atomic mass is 16.1. The Kier molecular flexibility index (Phi) is 1.31. The van der Waals surface area contributed by atoms with Crippen molar-refractivity contribution in [3.63, 3.8) is 0 Å². The number of Topliss-reactive ketones (excluding diaryl/α,β-unsaturated/α-hetero) is 1. The molecule has 56 valence electrons. The first-order valence-electron chi connectivity index (χ1n) is 3.99. The molecule has 1 saturated heterocycles. The van der Waals surface area contributed by atoms with Gasteiger partial charge in [-0.1, -0.05) is 0 Å². The van der Waals surface area contributed by atoms with E-state index in [1.165, 1.54) is 11.3 Å². The normalized spacial score (nSPS) is 46.1. The SMILES string of the molecule is [CH2-][NH+]1CCC2CCC(=O)C21. The van der Waals surface area contributed by atoms with Crippen LogP contribution in [0.25, 0.3) is 0 Å². The highest BCUT2D eigenvalue weighted by Gasteiger charge is 2.42. The van der Waals surface area contributed by atoms with Gasteiger partial charge in [-0.05, 0) is 6.42 Å². The highest BCUT2D eigenvalue weighted by Crippen LogP contribution is 2.26. The largest absolute Gasteiger partial charge is 0.459 e. The van der Waals surface area contributed by atoms with Gasteiger partial charge in [-0.15, -0.1) is 0 Å². The van der Waals surface area contributed by atoms with Crippen LogP contribution in [0.15, 0.2) is 0 Å². The van der Waals surface area contributed by atoms with Gasteiger partial charge in [0.2, 0.25) is 0 Å². The van der Waals surface area contributed by atoms with Crippen molar-refractivity contribution in [2.24, 2.45) is 5.92 Å². The maximum Gasteiger partial charge on any atom is 0.187 e. The number of ketones is 1. The quantitative estimate of drug-likeness (QED) is 0.445. The third-order valence-electron chi connectivity index (χ3n) is 2.86. The van der Waals surface area contributed by atoms with Gasteiger partial charge in [0.15, 0.2) is 5.78 Å². The van der Waals surface area contributed by atoms with E-state index in [1.54, 1.807) is 0 Å². The highest BCUT2D eigenvalue weighted by molar-refractivity contribution is 5.85. The number of hydrogen-bond acceptors (Lipinski definition) is 1. The van der Waals surface area contributed by atoms with Gasteiger partial charge in [0.25, 0.3) is 0 Å². The molecule has 3 atom stereocenters. The van der Waals surface area contributed by atoms with Crippen molar-refractivity contribution in [3.8, 4) is 0 Å². The summed E-state index contributed by atoms with van der Waals surface area (Å²) in [6.45, 7) is 1.10. The molecular weight excluding hydrogens is 126 g/mol. The Labute approximate surface area is 61.2 Å². The zero-order valence-corrected chi connectivity index (χ0v) is 6.10. The smallest absolute Gasteiger partial charge is 0.187 e. The molecule has 0 bridgehead atoms. The van der Waals surface area contributed by atoms with Crippen LogP contribution in [-0.2, 0) is 4.79 Å². The number of likely N-dealkylation sites (tertiary alicyclic amines) is 1. The van der Waals surface area contributed by atoms with Gasteiger partial charge < -0.3 is 4.90 Å². The first-order chi connectivity index (χ1) is 4.79. The molecule has 0 aromatic rings. The maximum atomic E-state index is 11.2. The zero-order valence-electron chi connectivity index (χ0n) is 6.10. The zero-order chi connectivity index (χ0) is 7.14. The molecular formula is C8H13NO. The van der Waals surface area contributed by atoms with Crippen LogP contribution in [0.2, 0.25) is 0 Å². The van der Waals surface area contributed by atoms with Crippen molar-refractivity contribution >= 4 is 5.78 Å². The van der Waals surface area contributed by atoms with Crippen LogP contribution in [0.4, 0.5) is 0 Å². The van der Waals surface area contributed by atoms with Crippen molar-refractivity contribution in [2.75, 3.05) is 6.54 Å². The van der Waals surface area contributed by atoms with E-state index in [1.807, 2.05) is 0 Å². The lowest BCUT2D eigenvalue weighted by atomic mass is 10.0. The van der Waals surface area contributed by atoms with Crippen LogP contribution < -0.4 is 4.90 Å². The average Bonchev–Trinajstić information content (AvgIpc) is 2.40. The fourth-order valence-corrected chi connectivity index (χ4v) is 2.31. The van der Waals surface area contributed by atoms with Crippen LogP contribution in [0, 0.1) is 13.0 Å². The molecule has 0 amide bonds. The second kappa shape index (κ2) is 2.06. The lowest BCUT2D eigenvalue weighted by molar-refractivity contribution is -0.857. The summed E-state index contributed by atoms with van der Waals surface area (Å²) in [4.78, 5) is 12.4. The van der Waals surface area contributed by atoms with Crippen LogP contribution in [0.5, 0.6) is 0 Å². The molecule has 2 fully saturated rings. The number of quaternary nitrogens is 1. The first kappa shape index (κ1) is 6.35. The molecule has 0 spiro atoms. The van der Waals surface area contributed by atoms with E-state index >= 15 is 0 Å². The van der Waals surface area contributed by atoms with E-state index in [-0.39, 0.29) is 6.04 Å². The van der Waals surface area contributed by atoms with E-state index < -0.39 is 0 Å². The minimum absolute atomic E-state index is 0.278. The molecule has 2 rings (SSSR count). The van der Waals surface area contributed by atoms with Gasteiger partial charge in [0.05, 0.1) is 6.54 Å². The van der Waals surface area contributed by atoms with Crippen LogP contribution in [-0.4, -0.2) is 18.4 Å². The molecule has 3 unspecified atom stereocenters. The minimum atomic E-state index is 0.278. The first-order valence-corrected chi connectivity index (χ1v) is 3.99. The second-order valence-corrected chi connectivity index (χ2v) is 3.44. The summed E-state index contributed by atoms with van der Waals surface area (Å²) in [5.74, 6) is 1.13. The Morgan fingerprint density at radius 2 is 2.30 bits per heavy atom. The average molecular weight is 139 g/mol. The van der Waals surface area contributed by atoms with Gasteiger partial charge >= 0.3 is 0 Å². The van der Waals surface area contributed by atoms with Gasteiger partial charge in [-0.25, -0.2) is 0 Å². The molecule has 1 heterocycles. The van der Waals surface area contributed by atoms with E-state index in [0.29, 0.717) is 11.7 Å². The van der Waals surface area contributed by atoms with Gasteiger partial charge in [0, 0.05) is 18.8 Å². The van der Waals surface area contributed by atoms with E-state index in [4.69, 9.17) is 0 Å².